The summed E-state index contributed by atoms with van der Waals surface area (Å²) in [5.41, 5.74) is 2.27. The molecule has 0 aliphatic carbocycles. The zero-order valence-corrected chi connectivity index (χ0v) is 17.3. The zero-order chi connectivity index (χ0) is 20.6. The summed E-state index contributed by atoms with van der Waals surface area (Å²) in [7, 11) is -1.97. The number of ether oxygens (including phenoxy) is 1. The van der Waals surface area contributed by atoms with E-state index in [-0.39, 0.29) is 16.5 Å². The van der Waals surface area contributed by atoms with E-state index in [1.54, 1.807) is 36.7 Å². The highest BCUT2D eigenvalue weighted by molar-refractivity contribution is 7.90. The predicted octanol–water partition coefficient (Wildman–Crippen LogP) is 1.83. The van der Waals surface area contributed by atoms with E-state index in [1.165, 1.54) is 18.3 Å². The first-order chi connectivity index (χ1) is 13.9. The SMILES string of the molecule is Bc1cnc2c(c1)c(-c1csc(C(=O)OCC)n1)cn2S(=O)(=O)c1ccccc1. The molecule has 0 fully saturated rings. The molecule has 0 amide bonds. The molecule has 146 valence electrons. The number of benzene rings is 1. The summed E-state index contributed by atoms with van der Waals surface area (Å²) in [6.45, 7) is 1.98. The number of hydrogen-bond donors (Lipinski definition) is 0. The molecule has 0 atom stereocenters. The molecule has 7 nitrogen and oxygen atoms in total. The number of thiazole rings is 1. The van der Waals surface area contributed by atoms with Gasteiger partial charge in [0.25, 0.3) is 10.0 Å². The van der Waals surface area contributed by atoms with Crippen LogP contribution in [-0.4, -0.2) is 42.8 Å². The first-order valence-corrected chi connectivity index (χ1v) is 11.1. The van der Waals surface area contributed by atoms with Gasteiger partial charge in [-0.3, -0.25) is 0 Å². The van der Waals surface area contributed by atoms with Crippen LogP contribution in [0.1, 0.15) is 16.7 Å². The second-order valence-electron chi connectivity index (χ2n) is 6.30. The molecule has 0 bridgehead atoms. The van der Waals surface area contributed by atoms with Crippen molar-refractivity contribution < 1.29 is 17.9 Å². The van der Waals surface area contributed by atoms with Gasteiger partial charge in [-0.2, -0.15) is 0 Å². The van der Waals surface area contributed by atoms with Crippen LogP contribution in [0.25, 0.3) is 22.3 Å². The highest BCUT2D eigenvalue weighted by Crippen LogP contribution is 2.32. The number of carbonyl (C=O) groups is 1. The molecule has 10 heteroatoms. The summed E-state index contributed by atoms with van der Waals surface area (Å²) in [4.78, 5) is 20.8. The van der Waals surface area contributed by atoms with E-state index in [4.69, 9.17) is 4.74 Å². The number of fused-ring (bicyclic) bond motifs is 1. The molecule has 29 heavy (non-hydrogen) atoms. The molecule has 3 aromatic heterocycles. The molecule has 0 spiro atoms. The smallest absolute Gasteiger partial charge is 0.367 e. The van der Waals surface area contributed by atoms with Gasteiger partial charge in [0, 0.05) is 28.7 Å². The molecule has 0 saturated carbocycles. The third-order valence-electron chi connectivity index (χ3n) is 4.28. The maximum absolute atomic E-state index is 13.2. The predicted molar refractivity (Wildman–Crippen MR) is 114 cm³/mol. The number of hydrogen-bond acceptors (Lipinski definition) is 7. The number of carbonyl (C=O) groups excluding carboxylic acids is 1. The number of aromatic nitrogens is 3. The lowest BCUT2D eigenvalue weighted by molar-refractivity contribution is 0.0526. The molecule has 4 aromatic rings. The standard InChI is InChI=1S/C19H16BN3O4S2/c1-2-27-19(24)18-22-16(11-28-18)15-10-23(17-14(15)8-12(20)9-21-17)29(25,26)13-6-4-3-5-7-13/h3-11H,2,20H2,1H3. The second-order valence-corrected chi connectivity index (χ2v) is 8.97. The monoisotopic (exact) mass is 425 g/mol. The largest absolute Gasteiger partial charge is 0.461 e. The summed E-state index contributed by atoms with van der Waals surface area (Å²) < 4.78 is 32.6. The van der Waals surface area contributed by atoms with Crippen molar-refractivity contribution in [3.05, 3.63) is 59.2 Å². The summed E-state index contributed by atoms with van der Waals surface area (Å²) in [5, 5.41) is 2.57. The summed E-state index contributed by atoms with van der Waals surface area (Å²) in [6, 6.07) is 10.0. The van der Waals surface area contributed by atoms with Gasteiger partial charge in [-0.1, -0.05) is 29.7 Å². The van der Waals surface area contributed by atoms with Gasteiger partial charge in [0.2, 0.25) is 5.01 Å². The van der Waals surface area contributed by atoms with Gasteiger partial charge in [0.1, 0.15) is 7.85 Å². The van der Waals surface area contributed by atoms with Crippen LogP contribution in [0.4, 0.5) is 0 Å². The van der Waals surface area contributed by atoms with Crippen molar-refractivity contribution in [2.75, 3.05) is 6.61 Å². The minimum atomic E-state index is -3.85. The molecule has 0 unspecified atom stereocenters. The second kappa shape index (κ2) is 7.45. The number of nitrogens with zero attached hydrogens (tertiary/aromatic N) is 3. The fraction of sp³-hybridized carbons (Fsp3) is 0.105. The Morgan fingerprint density at radius 2 is 2.03 bits per heavy atom. The van der Waals surface area contributed by atoms with Gasteiger partial charge in [-0.25, -0.2) is 27.2 Å². The van der Waals surface area contributed by atoms with Crippen LogP contribution in [-0.2, 0) is 14.8 Å². The van der Waals surface area contributed by atoms with Crippen molar-refractivity contribution in [1.82, 2.24) is 13.9 Å². The Morgan fingerprint density at radius 3 is 2.76 bits per heavy atom. The molecule has 0 aliphatic rings. The first-order valence-electron chi connectivity index (χ1n) is 8.83. The Balaban J connectivity index is 1.91. The van der Waals surface area contributed by atoms with Crippen LogP contribution in [0, 0.1) is 0 Å². The van der Waals surface area contributed by atoms with Crippen molar-refractivity contribution in [3.63, 3.8) is 0 Å². The van der Waals surface area contributed by atoms with Crippen LogP contribution in [0.5, 0.6) is 0 Å². The van der Waals surface area contributed by atoms with E-state index in [1.807, 2.05) is 13.9 Å². The average Bonchev–Trinajstić information content (AvgIpc) is 3.33. The molecule has 4 rings (SSSR count). The summed E-state index contributed by atoms with van der Waals surface area (Å²) >= 11 is 1.15. The average molecular weight is 425 g/mol. The van der Waals surface area contributed by atoms with E-state index in [0.29, 0.717) is 22.3 Å². The number of pyridine rings is 1. The van der Waals surface area contributed by atoms with Crippen LogP contribution in [0.2, 0.25) is 0 Å². The Labute approximate surface area is 172 Å². The molecule has 0 aliphatic heterocycles. The molecule has 0 saturated heterocycles. The van der Waals surface area contributed by atoms with Crippen LogP contribution in [0.3, 0.4) is 0 Å². The van der Waals surface area contributed by atoms with Gasteiger partial charge in [-0.05, 0) is 19.1 Å². The van der Waals surface area contributed by atoms with E-state index >= 15 is 0 Å². The Kier molecular flexibility index (Phi) is 4.97. The topological polar surface area (TPSA) is 91.2 Å². The Bertz CT molecular complexity index is 1310. The molecule has 1 aromatic carbocycles. The summed E-state index contributed by atoms with van der Waals surface area (Å²) in [6.07, 6.45) is 3.12. The van der Waals surface area contributed by atoms with E-state index < -0.39 is 16.0 Å². The third kappa shape index (κ3) is 3.45. The highest BCUT2D eigenvalue weighted by atomic mass is 32.2. The third-order valence-corrected chi connectivity index (χ3v) is 6.77. The van der Waals surface area contributed by atoms with Crippen molar-refractivity contribution in [2.24, 2.45) is 0 Å². The molecule has 3 heterocycles. The lowest BCUT2D eigenvalue weighted by Crippen LogP contribution is -2.13. The lowest BCUT2D eigenvalue weighted by atomic mass is 9.97. The Morgan fingerprint density at radius 1 is 1.28 bits per heavy atom. The number of esters is 1. The quantitative estimate of drug-likeness (QED) is 0.358. The molecular formula is C19H16BN3O4S2. The first kappa shape index (κ1) is 19.3. The van der Waals surface area contributed by atoms with E-state index in [0.717, 1.165) is 20.8 Å². The minimum Gasteiger partial charge on any atom is -0.461 e. The minimum absolute atomic E-state index is 0.163. The maximum Gasteiger partial charge on any atom is 0.367 e. The van der Waals surface area contributed by atoms with Gasteiger partial charge in [0.15, 0.2) is 5.65 Å². The fourth-order valence-electron chi connectivity index (χ4n) is 2.96. The Hall–Kier alpha value is -2.98. The summed E-state index contributed by atoms with van der Waals surface area (Å²) in [5.74, 6) is -0.501. The van der Waals surface area contributed by atoms with Gasteiger partial charge in [0.05, 0.1) is 17.2 Å². The number of rotatable bonds is 5. The van der Waals surface area contributed by atoms with Crippen LogP contribution < -0.4 is 5.46 Å². The van der Waals surface area contributed by atoms with Crippen LogP contribution in [0.15, 0.2) is 59.1 Å². The van der Waals surface area contributed by atoms with Crippen molar-refractivity contribution in [2.45, 2.75) is 11.8 Å². The van der Waals surface area contributed by atoms with Crippen molar-refractivity contribution >= 4 is 51.7 Å². The van der Waals surface area contributed by atoms with Gasteiger partial charge < -0.3 is 4.74 Å². The van der Waals surface area contributed by atoms with Crippen LogP contribution >= 0.6 is 11.3 Å². The molecule has 0 N–H and O–H groups in total. The van der Waals surface area contributed by atoms with Crippen molar-refractivity contribution in [3.8, 4) is 11.3 Å². The fourth-order valence-corrected chi connectivity index (χ4v) is 5.02. The van der Waals surface area contributed by atoms with Gasteiger partial charge >= 0.3 is 5.97 Å². The maximum atomic E-state index is 13.2. The lowest BCUT2D eigenvalue weighted by Gasteiger charge is -2.06. The normalized spacial score (nSPS) is 11.6. The molecular weight excluding hydrogens is 409 g/mol. The highest BCUT2D eigenvalue weighted by Gasteiger charge is 2.24. The molecule has 0 radical (unpaired) electrons. The van der Waals surface area contributed by atoms with E-state index in [9.17, 15) is 13.2 Å². The van der Waals surface area contributed by atoms with Gasteiger partial charge in [-0.15, -0.1) is 11.3 Å². The van der Waals surface area contributed by atoms with Crippen molar-refractivity contribution in [1.29, 1.82) is 0 Å². The zero-order valence-electron chi connectivity index (χ0n) is 15.7. The van der Waals surface area contributed by atoms with E-state index in [2.05, 4.69) is 9.97 Å².